The van der Waals surface area contributed by atoms with Crippen LogP contribution in [0.3, 0.4) is 0 Å². The van der Waals surface area contributed by atoms with Gasteiger partial charge in [0.1, 0.15) is 0 Å². The Morgan fingerprint density at radius 1 is 1.43 bits per heavy atom. The zero-order chi connectivity index (χ0) is 15.2. The molecule has 2 N–H and O–H groups in total. The van der Waals surface area contributed by atoms with Gasteiger partial charge in [0, 0.05) is 29.9 Å². The lowest BCUT2D eigenvalue weighted by atomic mass is 10.2. The number of hydrogen-bond acceptors (Lipinski definition) is 4. The number of hydrogen-bond donors (Lipinski definition) is 2. The Kier molecular flexibility index (Phi) is 5.76. The predicted octanol–water partition coefficient (Wildman–Crippen LogP) is 3.62. The number of halogens is 1. The van der Waals surface area contributed by atoms with E-state index in [2.05, 4.69) is 37.6 Å². The van der Waals surface area contributed by atoms with Crippen molar-refractivity contribution in [3.05, 3.63) is 44.3 Å². The minimum absolute atomic E-state index is 0.0888. The molecule has 0 saturated carbocycles. The van der Waals surface area contributed by atoms with Crippen LogP contribution >= 0.6 is 27.3 Å². The first-order valence-electron chi connectivity index (χ1n) is 6.83. The van der Waals surface area contributed by atoms with Crippen molar-refractivity contribution in [1.29, 1.82) is 0 Å². The maximum Gasteiger partial charge on any atom is 0.254 e. The topological polar surface area (TPSA) is 54.0 Å². The normalized spacial score (nSPS) is 10.4. The van der Waals surface area contributed by atoms with E-state index < -0.39 is 0 Å². The molecule has 21 heavy (non-hydrogen) atoms. The van der Waals surface area contributed by atoms with E-state index in [1.165, 1.54) is 4.88 Å². The number of aryl methyl sites for hydroxylation is 1. The van der Waals surface area contributed by atoms with Crippen molar-refractivity contribution in [3.63, 3.8) is 0 Å². The number of aromatic nitrogens is 1. The summed E-state index contributed by atoms with van der Waals surface area (Å²) in [6.07, 6.45) is 2.46. The Bertz CT molecular complexity index is 627. The fourth-order valence-corrected chi connectivity index (χ4v) is 3.44. The SMILES string of the molecule is CCNc1cc(C)ncc1C(=O)NCCc1ccc(Br)s1. The molecule has 112 valence electrons. The average Bonchev–Trinajstić information content (AvgIpc) is 2.85. The molecule has 0 spiro atoms. The number of pyridine rings is 1. The standard InChI is InChI=1S/C15H18BrN3OS/c1-3-17-13-8-10(2)19-9-12(13)15(20)18-7-6-11-4-5-14(16)21-11/h4-5,8-9H,3,6-7H2,1-2H3,(H,17,19)(H,18,20). The highest BCUT2D eigenvalue weighted by molar-refractivity contribution is 9.11. The van der Waals surface area contributed by atoms with Gasteiger partial charge in [0.15, 0.2) is 0 Å². The van der Waals surface area contributed by atoms with Crippen molar-refractivity contribution < 1.29 is 4.79 Å². The summed E-state index contributed by atoms with van der Waals surface area (Å²) >= 11 is 5.13. The summed E-state index contributed by atoms with van der Waals surface area (Å²) in [5.74, 6) is -0.0888. The van der Waals surface area contributed by atoms with Crippen molar-refractivity contribution in [3.8, 4) is 0 Å². The lowest BCUT2D eigenvalue weighted by Crippen LogP contribution is -2.26. The number of anilines is 1. The molecule has 2 rings (SSSR count). The van der Waals surface area contributed by atoms with Crippen LogP contribution in [0.15, 0.2) is 28.2 Å². The molecule has 0 aliphatic heterocycles. The van der Waals surface area contributed by atoms with E-state index in [4.69, 9.17) is 0 Å². The van der Waals surface area contributed by atoms with Gasteiger partial charge in [-0.2, -0.15) is 0 Å². The molecule has 6 heteroatoms. The second kappa shape index (κ2) is 7.56. The third kappa shape index (κ3) is 4.54. The van der Waals surface area contributed by atoms with E-state index in [1.807, 2.05) is 26.0 Å². The van der Waals surface area contributed by atoms with E-state index in [-0.39, 0.29) is 5.91 Å². The predicted molar refractivity (Wildman–Crippen MR) is 91.2 cm³/mol. The second-order valence-electron chi connectivity index (χ2n) is 4.61. The Balaban J connectivity index is 1.96. The van der Waals surface area contributed by atoms with E-state index in [0.717, 1.165) is 28.1 Å². The van der Waals surface area contributed by atoms with Crippen LogP contribution in [0.2, 0.25) is 0 Å². The molecule has 1 amide bonds. The van der Waals surface area contributed by atoms with Gasteiger partial charge in [-0.1, -0.05) is 0 Å². The number of carbonyl (C=O) groups is 1. The molecular weight excluding hydrogens is 350 g/mol. The van der Waals surface area contributed by atoms with Gasteiger partial charge in [-0.15, -0.1) is 11.3 Å². The maximum absolute atomic E-state index is 12.3. The minimum Gasteiger partial charge on any atom is -0.385 e. The van der Waals surface area contributed by atoms with Gasteiger partial charge in [0.2, 0.25) is 0 Å². The maximum atomic E-state index is 12.3. The van der Waals surface area contributed by atoms with Crippen LogP contribution in [0.5, 0.6) is 0 Å². The van der Waals surface area contributed by atoms with Gasteiger partial charge in [0.25, 0.3) is 5.91 Å². The van der Waals surface area contributed by atoms with Gasteiger partial charge < -0.3 is 10.6 Å². The second-order valence-corrected chi connectivity index (χ2v) is 7.16. The Morgan fingerprint density at radius 2 is 2.24 bits per heavy atom. The highest BCUT2D eigenvalue weighted by Crippen LogP contribution is 2.22. The largest absolute Gasteiger partial charge is 0.385 e. The highest BCUT2D eigenvalue weighted by atomic mass is 79.9. The summed E-state index contributed by atoms with van der Waals surface area (Å²) in [7, 11) is 0. The smallest absolute Gasteiger partial charge is 0.254 e. The van der Waals surface area contributed by atoms with Gasteiger partial charge in [-0.25, -0.2) is 0 Å². The summed E-state index contributed by atoms with van der Waals surface area (Å²) in [4.78, 5) is 17.7. The molecular formula is C15H18BrN3OS. The lowest BCUT2D eigenvalue weighted by molar-refractivity contribution is 0.0954. The fourth-order valence-electron chi connectivity index (χ4n) is 1.96. The third-order valence-electron chi connectivity index (χ3n) is 2.94. The lowest BCUT2D eigenvalue weighted by Gasteiger charge is -2.11. The molecule has 2 aromatic rings. The number of nitrogens with one attached hydrogen (secondary N) is 2. The molecule has 0 aromatic carbocycles. The zero-order valence-electron chi connectivity index (χ0n) is 12.1. The monoisotopic (exact) mass is 367 g/mol. The van der Waals surface area contributed by atoms with Gasteiger partial charge in [-0.3, -0.25) is 9.78 Å². The number of thiophene rings is 1. The minimum atomic E-state index is -0.0888. The summed E-state index contributed by atoms with van der Waals surface area (Å²) in [6, 6.07) is 5.99. The molecule has 2 heterocycles. The fraction of sp³-hybridized carbons (Fsp3) is 0.333. The van der Waals surface area contributed by atoms with Gasteiger partial charge >= 0.3 is 0 Å². The van der Waals surface area contributed by atoms with Crippen molar-refractivity contribution in [1.82, 2.24) is 10.3 Å². The molecule has 0 saturated heterocycles. The zero-order valence-corrected chi connectivity index (χ0v) is 14.5. The summed E-state index contributed by atoms with van der Waals surface area (Å²) in [5, 5.41) is 6.15. The van der Waals surface area contributed by atoms with Crippen molar-refractivity contribution >= 4 is 38.9 Å². The molecule has 0 aliphatic carbocycles. The van der Waals surface area contributed by atoms with Crippen LogP contribution < -0.4 is 10.6 Å². The first kappa shape index (κ1) is 16.0. The quantitative estimate of drug-likeness (QED) is 0.819. The van der Waals surface area contributed by atoms with Crippen LogP contribution in [0.4, 0.5) is 5.69 Å². The van der Waals surface area contributed by atoms with Gasteiger partial charge in [0.05, 0.1) is 15.0 Å². The van der Waals surface area contributed by atoms with Gasteiger partial charge in [-0.05, 0) is 54.4 Å². The summed E-state index contributed by atoms with van der Waals surface area (Å²) in [6.45, 7) is 5.31. The van der Waals surface area contributed by atoms with Crippen LogP contribution in [0.25, 0.3) is 0 Å². The van der Waals surface area contributed by atoms with Crippen LogP contribution in [0, 0.1) is 6.92 Å². The van der Waals surface area contributed by atoms with E-state index in [0.29, 0.717) is 12.1 Å². The number of amides is 1. The summed E-state index contributed by atoms with van der Waals surface area (Å²) < 4.78 is 1.11. The molecule has 0 unspecified atom stereocenters. The average molecular weight is 368 g/mol. The summed E-state index contributed by atoms with van der Waals surface area (Å²) in [5.41, 5.74) is 2.32. The molecule has 0 bridgehead atoms. The first-order valence-corrected chi connectivity index (χ1v) is 8.44. The molecule has 2 aromatic heterocycles. The van der Waals surface area contributed by atoms with Crippen LogP contribution in [0.1, 0.15) is 27.9 Å². The Labute approximate surface area is 137 Å². The van der Waals surface area contributed by atoms with Crippen molar-refractivity contribution in [2.75, 3.05) is 18.4 Å². The number of rotatable bonds is 6. The van der Waals surface area contributed by atoms with Crippen LogP contribution in [-0.4, -0.2) is 24.0 Å². The molecule has 0 aliphatic rings. The highest BCUT2D eigenvalue weighted by Gasteiger charge is 2.11. The molecule has 0 atom stereocenters. The number of carbonyl (C=O) groups excluding carboxylic acids is 1. The molecule has 0 fully saturated rings. The van der Waals surface area contributed by atoms with E-state index in [9.17, 15) is 4.79 Å². The van der Waals surface area contributed by atoms with Crippen molar-refractivity contribution in [2.24, 2.45) is 0 Å². The molecule has 4 nitrogen and oxygen atoms in total. The Hall–Kier alpha value is -1.40. The molecule has 0 radical (unpaired) electrons. The Morgan fingerprint density at radius 3 is 2.90 bits per heavy atom. The van der Waals surface area contributed by atoms with Crippen molar-refractivity contribution in [2.45, 2.75) is 20.3 Å². The van der Waals surface area contributed by atoms with E-state index >= 15 is 0 Å². The third-order valence-corrected chi connectivity index (χ3v) is 4.62. The van der Waals surface area contributed by atoms with E-state index in [1.54, 1.807) is 17.5 Å². The number of nitrogens with zero attached hydrogens (tertiary/aromatic N) is 1. The van der Waals surface area contributed by atoms with Crippen LogP contribution in [-0.2, 0) is 6.42 Å². The first-order chi connectivity index (χ1) is 10.1.